The smallest absolute Gasteiger partial charge is 0.254 e. The zero-order valence-electron chi connectivity index (χ0n) is 12.9. The van der Waals surface area contributed by atoms with Crippen LogP contribution in [0.3, 0.4) is 0 Å². The topological polar surface area (TPSA) is 29.5 Å². The van der Waals surface area contributed by atoms with E-state index in [-0.39, 0.29) is 5.91 Å². The Hall–Kier alpha value is -1.87. The Morgan fingerprint density at radius 3 is 2.41 bits per heavy atom. The summed E-state index contributed by atoms with van der Waals surface area (Å²) in [5.74, 6) is 0.188. The number of carbonyl (C=O) groups excluding carboxylic acids is 1. The molecule has 2 saturated heterocycles. The summed E-state index contributed by atoms with van der Waals surface area (Å²) in [6.45, 7) is 0. The van der Waals surface area contributed by atoms with Gasteiger partial charge in [0.2, 0.25) is 0 Å². The lowest BCUT2D eigenvalue weighted by Gasteiger charge is -2.38. The second-order valence-electron chi connectivity index (χ2n) is 6.49. The van der Waals surface area contributed by atoms with Crippen molar-refractivity contribution < 1.29 is 9.53 Å². The lowest BCUT2D eigenvalue weighted by atomic mass is 9.98. The zero-order valence-corrected chi connectivity index (χ0v) is 12.9. The lowest BCUT2D eigenvalue weighted by Crippen LogP contribution is -2.48. The van der Waals surface area contributed by atoms with E-state index in [1.165, 1.54) is 5.39 Å². The molecule has 114 valence electrons. The SMILES string of the molecule is COC1CC2CCC(C1)N2C(=O)c1ccc2ccccc2c1. The predicted octanol–water partition coefficient (Wildman–Crippen LogP) is 3.62. The average Bonchev–Trinajstić information content (AvgIpc) is 2.83. The molecule has 2 fully saturated rings. The van der Waals surface area contributed by atoms with Crippen molar-refractivity contribution in [3.63, 3.8) is 0 Å². The van der Waals surface area contributed by atoms with E-state index in [1.807, 2.05) is 30.3 Å². The summed E-state index contributed by atoms with van der Waals surface area (Å²) in [5.41, 5.74) is 0.812. The first-order valence-corrected chi connectivity index (χ1v) is 8.10. The molecule has 2 aliphatic rings. The Bertz CT molecular complexity index is 697. The summed E-state index contributed by atoms with van der Waals surface area (Å²) < 4.78 is 5.53. The standard InChI is InChI=1S/C19H21NO2/c1-22-18-11-16-8-9-17(12-18)20(16)19(21)15-7-6-13-4-2-3-5-14(13)10-15/h2-7,10,16-18H,8-9,11-12H2,1H3. The molecule has 22 heavy (non-hydrogen) atoms. The Morgan fingerprint density at radius 1 is 1.05 bits per heavy atom. The number of rotatable bonds is 2. The van der Waals surface area contributed by atoms with Crippen LogP contribution in [0.4, 0.5) is 0 Å². The third kappa shape index (κ3) is 2.20. The van der Waals surface area contributed by atoms with Gasteiger partial charge in [0.25, 0.3) is 5.91 Å². The Labute approximate surface area is 130 Å². The van der Waals surface area contributed by atoms with Gasteiger partial charge in [-0.1, -0.05) is 30.3 Å². The van der Waals surface area contributed by atoms with Crippen molar-refractivity contribution in [2.45, 2.75) is 43.9 Å². The Kier molecular flexibility index (Phi) is 3.38. The minimum absolute atomic E-state index is 0.188. The molecule has 0 spiro atoms. The van der Waals surface area contributed by atoms with Crippen molar-refractivity contribution in [2.24, 2.45) is 0 Å². The fraction of sp³-hybridized carbons (Fsp3) is 0.421. The highest BCUT2D eigenvalue weighted by molar-refractivity contribution is 5.99. The van der Waals surface area contributed by atoms with Crippen molar-refractivity contribution in [1.82, 2.24) is 4.90 Å². The summed E-state index contributed by atoms with van der Waals surface area (Å²) >= 11 is 0. The van der Waals surface area contributed by atoms with Crippen LogP contribution in [-0.4, -0.2) is 36.1 Å². The van der Waals surface area contributed by atoms with Gasteiger partial charge in [-0.2, -0.15) is 0 Å². The fourth-order valence-corrected chi connectivity index (χ4v) is 4.12. The maximum absolute atomic E-state index is 13.0. The minimum Gasteiger partial charge on any atom is -0.381 e. The number of amides is 1. The van der Waals surface area contributed by atoms with Crippen LogP contribution in [0.5, 0.6) is 0 Å². The molecule has 2 heterocycles. The summed E-state index contributed by atoms with van der Waals surface area (Å²) in [6.07, 6.45) is 4.50. The molecule has 0 aliphatic carbocycles. The molecule has 3 heteroatoms. The first kappa shape index (κ1) is 13.8. The first-order valence-electron chi connectivity index (χ1n) is 8.10. The van der Waals surface area contributed by atoms with Crippen LogP contribution in [0.15, 0.2) is 42.5 Å². The molecule has 2 aliphatic heterocycles. The number of hydrogen-bond acceptors (Lipinski definition) is 2. The molecule has 2 unspecified atom stereocenters. The molecule has 2 aromatic rings. The van der Waals surface area contributed by atoms with Crippen molar-refractivity contribution in [2.75, 3.05) is 7.11 Å². The highest BCUT2D eigenvalue weighted by Crippen LogP contribution is 2.37. The van der Waals surface area contributed by atoms with Crippen molar-refractivity contribution in [1.29, 1.82) is 0 Å². The Balaban J connectivity index is 1.63. The molecule has 2 atom stereocenters. The van der Waals surface area contributed by atoms with E-state index in [0.29, 0.717) is 18.2 Å². The highest BCUT2D eigenvalue weighted by Gasteiger charge is 2.43. The summed E-state index contributed by atoms with van der Waals surface area (Å²) in [7, 11) is 1.78. The normalized spacial score (nSPS) is 27.3. The molecule has 2 aromatic carbocycles. The number of ether oxygens (including phenoxy) is 1. The van der Waals surface area contributed by atoms with Gasteiger partial charge in [-0.25, -0.2) is 0 Å². The number of piperidine rings is 1. The quantitative estimate of drug-likeness (QED) is 0.847. The third-order valence-corrected chi connectivity index (χ3v) is 5.25. The molecule has 0 N–H and O–H groups in total. The number of benzene rings is 2. The molecule has 0 saturated carbocycles. The van der Waals surface area contributed by atoms with E-state index in [4.69, 9.17) is 4.74 Å². The maximum atomic E-state index is 13.0. The molecule has 2 bridgehead atoms. The number of fused-ring (bicyclic) bond motifs is 3. The van der Waals surface area contributed by atoms with Gasteiger partial charge >= 0.3 is 0 Å². The second-order valence-corrected chi connectivity index (χ2v) is 6.49. The van der Waals surface area contributed by atoms with Gasteiger partial charge in [-0.05, 0) is 48.6 Å². The third-order valence-electron chi connectivity index (χ3n) is 5.25. The second kappa shape index (κ2) is 5.40. The van der Waals surface area contributed by atoms with E-state index in [0.717, 1.165) is 36.6 Å². The predicted molar refractivity (Wildman–Crippen MR) is 87.0 cm³/mol. The van der Waals surface area contributed by atoms with Crippen LogP contribution in [0.2, 0.25) is 0 Å². The average molecular weight is 295 g/mol. The highest BCUT2D eigenvalue weighted by atomic mass is 16.5. The van der Waals surface area contributed by atoms with Crippen molar-refractivity contribution >= 4 is 16.7 Å². The lowest BCUT2D eigenvalue weighted by molar-refractivity contribution is 0.00823. The fourth-order valence-electron chi connectivity index (χ4n) is 4.12. The van der Waals surface area contributed by atoms with E-state index in [9.17, 15) is 4.79 Å². The van der Waals surface area contributed by atoms with Crippen LogP contribution in [0.25, 0.3) is 10.8 Å². The van der Waals surface area contributed by atoms with Crippen LogP contribution >= 0.6 is 0 Å². The zero-order chi connectivity index (χ0) is 15.1. The van der Waals surface area contributed by atoms with Crippen LogP contribution in [0, 0.1) is 0 Å². The van der Waals surface area contributed by atoms with E-state index in [2.05, 4.69) is 17.0 Å². The molecule has 0 aromatic heterocycles. The van der Waals surface area contributed by atoms with Gasteiger partial charge in [0.05, 0.1) is 6.10 Å². The summed E-state index contributed by atoms with van der Waals surface area (Å²) in [5, 5.41) is 2.31. The van der Waals surface area contributed by atoms with Crippen molar-refractivity contribution in [3.05, 3.63) is 48.0 Å². The summed E-state index contributed by atoms with van der Waals surface area (Å²) in [6, 6.07) is 14.9. The van der Waals surface area contributed by atoms with Gasteiger partial charge in [0, 0.05) is 24.8 Å². The van der Waals surface area contributed by atoms with Gasteiger partial charge in [-0.15, -0.1) is 0 Å². The molecular weight excluding hydrogens is 274 g/mol. The number of carbonyl (C=O) groups is 1. The monoisotopic (exact) mass is 295 g/mol. The number of hydrogen-bond donors (Lipinski definition) is 0. The van der Waals surface area contributed by atoms with E-state index >= 15 is 0 Å². The molecule has 4 rings (SSSR count). The first-order chi connectivity index (χ1) is 10.8. The number of methoxy groups -OCH3 is 1. The van der Waals surface area contributed by atoms with Crippen LogP contribution in [-0.2, 0) is 4.74 Å². The van der Waals surface area contributed by atoms with E-state index < -0.39 is 0 Å². The van der Waals surface area contributed by atoms with Crippen LogP contribution in [0.1, 0.15) is 36.0 Å². The van der Waals surface area contributed by atoms with E-state index in [1.54, 1.807) is 7.11 Å². The van der Waals surface area contributed by atoms with Gasteiger partial charge < -0.3 is 9.64 Å². The van der Waals surface area contributed by atoms with Crippen molar-refractivity contribution in [3.8, 4) is 0 Å². The molecule has 0 radical (unpaired) electrons. The van der Waals surface area contributed by atoms with Gasteiger partial charge in [0.15, 0.2) is 0 Å². The van der Waals surface area contributed by atoms with Crippen LogP contribution < -0.4 is 0 Å². The van der Waals surface area contributed by atoms with Gasteiger partial charge in [0.1, 0.15) is 0 Å². The number of nitrogens with zero attached hydrogens (tertiary/aromatic N) is 1. The maximum Gasteiger partial charge on any atom is 0.254 e. The Morgan fingerprint density at radius 2 is 1.73 bits per heavy atom. The molecular formula is C19H21NO2. The minimum atomic E-state index is 0.188. The molecule has 3 nitrogen and oxygen atoms in total. The molecule has 1 amide bonds. The summed E-state index contributed by atoms with van der Waals surface area (Å²) in [4.78, 5) is 15.1. The van der Waals surface area contributed by atoms with Gasteiger partial charge in [-0.3, -0.25) is 4.79 Å². The largest absolute Gasteiger partial charge is 0.381 e.